The maximum atomic E-state index is 12.4. The normalized spacial score (nSPS) is 12.8. The van der Waals surface area contributed by atoms with Gasteiger partial charge in [-0.05, 0) is 23.8 Å². The zero-order valence-corrected chi connectivity index (χ0v) is 10.5. The lowest BCUT2D eigenvalue weighted by atomic mass is 10.0. The fraction of sp³-hybridized carbons (Fsp3) is 0.200. The monoisotopic (exact) mass is 315 g/mol. The molecule has 0 saturated heterocycles. The first-order valence-electron chi connectivity index (χ1n) is 4.11. The van der Waals surface area contributed by atoms with Crippen LogP contribution in [0.4, 0.5) is 13.2 Å². The molecule has 0 saturated carbocycles. The molecule has 90 valence electrons. The van der Waals surface area contributed by atoms with Crippen LogP contribution in [0.15, 0.2) is 35.3 Å². The zero-order valence-electron chi connectivity index (χ0n) is 8.09. The summed E-state index contributed by atoms with van der Waals surface area (Å²) in [5.41, 5.74) is 5.26. The van der Waals surface area contributed by atoms with Crippen LogP contribution in [0.3, 0.4) is 0 Å². The lowest BCUT2D eigenvalue weighted by molar-refractivity contribution is -0.137. The van der Waals surface area contributed by atoms with Crippen LogP contribution in [-0.4, -0.2) is 0 Å². The number of hydrogen-bond donors (Lipinski definition) is 1. The van der Waals surface area contributed by atoms with Crippen LogP contribution < -0.4 is 5.73 Å². The Bertz CT molecular complexity index is 379. The van der Waals surface area contributed by atoms with Gasteiger partial charge < -0.3 is 5.73 Å². The summed E-state index contributed by atoms with van der Waals surface area (Å²) in [6.07, 6.45) is -2.96. The molecule has 1 atom stereocenters. The van der Waals surface area contributed by atoms with Crippen molar-refractivity contribution in [1.29, 1.82) is 0 Å². The molecule has 0 aliphatic rings. The molecule has 0 amide bonds. The van der Waals surface area contributed by atoms with Crippen LogP contribution in [0.2, 0.25) is 0 Å². The highest BCUT2D eigenvalue weighted by molar-refractivity contribution is 9.10. The first-order valence-corrected chi connectivity index (χ1v) is 4.90. The van der Waals surface area contributed by atoms with Gasteiger partial charge in [-0.3, -0.25) is 0 Å². The maximum Gasteiger partial charge on any atom is 0.416 e. The van der Waals surface area contributed by atoms with Crippen LogP contribution >= 0.6 is 28.3 Å². The second kappa shape index (κ2) is 5.70. The van der Waals surface area contributed by atoms with Crippen molar-refractivity contribution >= 4 is 28.3 Å². The SMILES string of the molecule is C=C[C@H](N)c1cc(C(F)(F)F)ccc1Br.Cl. The van der Waals surface area contributed by atoms with Gasteiger partial charge in [0.1, 0.15) is 0 Å². The molecule has 0 aromatic heterocycles. The Hall–Kier alpha value is -0.520. The summed E-state index contributed by atoms with van der Waals surface area (Å²) >= 11 is 3.14. The Labute approximate surface area is 106 Å². The van der Waals surface area contributed by atoms with Crippen molar-refractivity contribution in [3.8, 4) is 0 Å². The standard InChI is InChI=1S/C10H9BrF3N.ClH/c1-2-9(15)7-5-6(10(12,13)14)3-4-8(7)11;/h2-5,9H,1,15H2;1H/t9-;/m0./s1. The zero-order chi connectivity index (χ0) is 11.6. The third-order valence-electron chi connectivity index (χ3n) is 1.94. The van der Waals surface area contributed by atoms with Crippen LogP contribution in [0.1, 0.15) is 17.2 Å². The Balaban J connectivity index is 0.00000225. The first-order chi connectivity index (χ1) is 6.86. The average Bonchev–Trinajstić information content (AvgIpc) is 2.15. The molecule has 1 aromatic rings. The molecular weight excluding hydrogens is 306 g/mol. The predicted octanol–water partition coefficient (Wildman–Crippen LogP) is 4.08. The summed E-state index contributed by atoms with van der Waals surface area (Å²) in [5.74, 6) is 0. The summed E-state index contributed by atoms with van der Waals surface area (Å²) in [6, 6.07) is 2.75. The molecular formula is C10H10BrClF3N. The van der Waals surface area contributed by atoms with Gasteiger partial charge >= 0.3 is 6.18 Å². The van der Waals surface area contributed by atoms with Gasteiger partial charge in [-0.15, -0.1) is 19.0 Å². The van der Waals surface area contributed by atoms with E-state index in [1.54, 1.807) is 0 Å². The third-order valence-corrected chi connectivity index (χ3v) is 2.66. The largest absolute Gasteiger partial charge is 0.416 e. The van der Waals surface area contributed by atoms with E-state index in [1.165, 1.54) is 12.1 Å². The van der Waals surface area contributed by atoms with Gasteiger partial charge in [0, 0.05) is 10.5 Å². The van der Waals surface area contributed by atoms with Crippen molar-refractivity contribution < 1.29 is 13.2 Å². The molecule has 1 aromatic carbocycles. The van der Waals surface area contributed by atoms with E-state index in [2.05, 4.69) is 22.5 Å². The summed E-state index contributed by atoms with van der Waals surface area (Å²) in [6.45, 7) is 3.44. The Kier molecular flexibility index (Phi) is 5.52. The maximum absolute atomic E-state index is 12.4. The minimum absolute atomic E-state index is 0. The highest BCUT2D eigenvalue weighted by Crippen LogP contribution is 2.33. The smallest absolute Gasteiger partial charge is 0.321 e. The van der Waals surface area contributed by atoms with Gasteiger partial charge in [0.25, 0.3) is 0 Å². The second-order valence-corrected chi connectivity index (χ2v) is 3.85. The van der Waals surface area contributed by atoms with E-state index in [0.29, 0.717) is 10.0 Å². The molecule has 0 heterocycles. The number of benzene rings is 1. The van der Waals surface area contributed by atoms with Crippen molar-refractivity contribution in [2.75, 3.05) is 0 Å². The van der Waals surface area contributed by atoms with E-state index in [4.69, 9.17) is 5.73 Å². The molecule has 0 bridgehead atoms. The van der Waals surface area contributed by atoms with Crippen molar-refractivity contribution in [2.24, 2.45) is 5.73 Å². The average molecular weight is 317 g/mol. The second-order valence-electron chi connectivity index (χ2n) is 3.00. The van der Waals surface area contributed by atoms with E-state index >= 15 is 0 Å². The summed E-state index contributed by atoms with van der Waals surface area (Å²) in [5, 5.41) is 0. The van der Waals surface area contributed by atoms with Gasteiger partial charge in [0.05, 0.1) is 5.56 Å². The molecule has 16 heavy (non-hydrogen) atoms. The Morgan fingerprint density at radius 2 is 1.94 bits per heavy atom. The Morgan fingerprint density at radius 1 is 1.38 bits per heavy atom. The highest BCUT2D eigenvalue weighted by Gasteiger charge is 2.31. The van der Waals surface area contributed by atoms with Crippen molar-refractivity contribution in [3.63, 3.8) is 0 Å². The molecule has 0 spiro atoms. The minimum Gasteiger partial charge on any atom is -0.321 e. The molecule has 6 heteroatoms. The van der Waals surface area contributed by atoms with Crippen LogP contribution in [0, 0.1) is 0 Å². The summed E-state index contributed by atoms with van der Waals surface area (Å²) in [4.78, 5) is 0. The molecule has 0 unspecified atom stereocenters. The van der Waals surface area contributed by atoms with E-state index in [-0.39, 0.29) is 12.4 Å². The van der Waals surface area contributed by atoms with Gasteiger partial charge in [-0.1, -0.05) is 22.0 Å². The fourth-order valence-electron chi connectivity index (χ4n) is 1.10. The lowest BCUT2D eigenvalue weighted by Crippen LogP contribution is -2.11. The number of rotatable bonds is 2. The van der Waals surface area contributed by atoms with E-state index in [9.17, 15) is 13.2 Å². The predicted molar refractivity (Wildman–Crippen MR) is 63.5 cm³/mol. The third kappa shape index (κ3) is 3.50. The molecule has 0 aliphatic carbocycles. The van der Waals surface area contributed by atoms with E-state index < -0.39 is 17.8 Å². The van der Waals surface area contributed by atoms with E-state index in [1.807, 2.05) is 0 Å². The topological polar surface area (TPSA) is 26.0 Å². The van der Waals surface area contributed by atoms with Gasteiger partial charge in [0.2, 0.25) is 0 Å². The molecule has 1 nitrogen and oxygen atoms in total. The van der Waals surface area contributed by atoms with Crippen molar-refractivity contribution in [2.45, 2.75) is 12.2 Å². The van der Waals surface area contributed by atoms with Gasteiger partial charge in [0.15, 0.2) is 0 Å². The number of hydrogen-bond acceptors (Lipinski definition) is 1. The van der Waals surface area contributed by atoms with E-state index in [0.717, 1.165) is 12.1 Å². The van der Waals surface area contributed by atoms with Crippen LogP contribution in [0.5, 0.6) is 0 Å². The first kappa shape index (κ1) is 15.5. The minimum atomic E-state index is -4.35. The van der Waals surface area contributed by atoms with Gasteiger partial charge in [-0.25, -0.2) is 0 Å². The number of halogens is 5. The Morgan fingerprint density at radius 3 is 2.38 bits per heavy atom. The molecule has 2 N–H and O–H groups in total. The van der Waals surface area contributed by atoms with Crippen molar-refractivity contribution in [3.05, 3.63) is 46.5 Å². The number of alkyl halides is 3. The summed E-state index contributed by atoms with van der Waals surface area (Å²) in [7, 11) is 0. The highest BCUT2D eigenvalue weighted by atomic mass is 79.9. The molecule has 0 radical (unpaired) electrons. The summed E-state index contributed by atoms with van der Waals surface area (Å²) < 4.78 is 37.7. The lowest BCUT2D eigenvalue weighted by Gasteiger charge is -2.13. The fourth-order valence-corrected chi connectivity index (χ4v) is 1.61. The number of nitrogens with two attached hydrogens (primary N) is 1. The van der Waals surface area contributed by atoms with Crippen LogP contribution in [0.25, 0.3) is 0 Å². The van der Waals surface area contributed by atoms with Gasteiger partial charge in [-0.2, -0.15) is 13.2 Å². The van der Waals surface area contributed by atoms with Crippen molar-refractivity contribution in [1.82, 2.24) is 0 Å². The quantitative estimate of drug-likeness (QED) is 0.818. The molecule has 0 fully saturated rings. The molecule has 1 rings (SSSR count). The molecule has 0 aliphatic heterocycles. The van der Waals surface area contributed by atoms with Crippen LogP contribution in [-0.2, 0) is 6.18 Å².